The summed E-state index contributed by atoms with van der Waals surface area (Å²) in [6.45, 7) is 0. The highest BCUT2D eigenvalue weighted by Crippen LogP contribution is 2.42. The maximum Gasteiger partial charge on any atom is 0.524 e. The molecule has 0 aliphatic heterocycles. The molecule has 30 heavy (non-hydrogen) atoms. The Bertz CT molecular complexity index is 1060. The van der Waals surface area contributed by atoms with E-state index in [0.717, 1.165) is 17.5 Å². The van der Waals surface area contributed by atoms with Crippen LogP contribution in [0.3, 0.4) is 0 Å². The Balaban J connectivity index is 2.33. The van der Waals surface area contributed by atoms with Crippen LogP contribution in [0.25, 0.3) is 6.08 Å². The van der Waals surface area contributed by atoms with E-state index in [9.17, 15) is 18.1 Å². The first-order chi connectivity index (χ1) is 14.0. The maximum absolute atomic E-state index is 12.5. The van der Waals surface area contributed by atoms with E-state index in [1.807, 2.05) is 0 Å². The molecule has 10 nitrogen and oxygen atoms in total. The molecule has 0 saturated carbocycles. The number of methoxy groups -OCH3 is 3. The molecule has 0 atom stereocenters. The van der Waals surface area contributed by atoms with Crippen molar-refractivity contribution in [3.8, 4) is 28.7 Å². The summed E-state index contributed by atoms with van der Waals surface area (Å²) in [5, 5.41) is 10.6. The van der Waals surface area contributed by atoms with Crippen molar-refractivity contribution in [1.82, 2.24) is 0 Å². The minimum absolute atomic E-state index is 0.148. The molecule has 0 aliphatic carbocycles. The van der Waals surface area contributed by atoms with Gasteiger partial charge in [-0.05, 0) is 23.8 Å². The van der Waals surface area contributed by atoms with Gasteiger partial charge in [0.25, 0.3) is 0 Å². The Morgan fingerprint density at radius 2 is 1.57 bits per heavy atom. The number of phenolic OH excluding ortho intramolecular Hbond substituents is 1. The highest BCUT2D eigenvalue weighted by Gasteiger charge is 2.20. The largest absolute Gasteiger partial charge is 0.524 e. The average Bonchev–Trinajstić information content (AvgIpc) is 2.66. The number of phenols is 1. The second kappa shape index (κ2) is 9.40. The Kier molecular flexibility index (Phi) is 7.38. The summed E-state index contributed by atoms with van der Waals surface area (Å²) in [6.07, 6.45) is 1.31. The first kappa shape index (κ1) is 23.6. The summed E-state index contributed by atoms with van der Waals surface area (Å²) in [6, 6.07) is 6.55. The van der Waals surface area contributed by atoms with E-state index in [2.05, 4.69) is 4.52 Å². The lowest BCUT2D eigenvalue weighted by molar-refractivity contribution is 0.277. The van der Waals surface area contributed by atoms with Gasteiger partial charge in [0, 0.05) is 17.5 Å². The lowest BCUT2D eigenvalue weighted by Crippen LogP contribution is -2.01. The summed E-state index contributed by atoms with van der Waals surface area (Å²) in [5.41, 5.74) is 0.523. The zero-order chi connectivity index (χ0) is 22.5. The van der Waals surface area contributed by atoms with E-state index >= 15 is 0 Å². The fourth-order valence-electron chi connectivity index (χ4n) is 2.50. The number of benzene rings is 2. The van der Waals surface area contributed by atoms with Gasteiger partial charge in [-0.2, -0.15) is 0 Å². The van der Waals surface area contributed by atoms with Gasteiger partial charge >= 0.3 is 7.82 Å². The van der Waals surface area contributed by atoms with Crippen LogP contribution in [0.15, 0.2) is 35.7 Å². The van der Waals surface area contributed by atoms with E-state index in [0.29, 0.717) is 22.8 Å². The minimum atomic E-state index is -4.92. The Labute approximate surface area is 173 Å². The van der Waals surface area contributed by atoms with Crippen LogP contribution in [0.4, 0.5) is 0 Å². The molecule has 2 aromatic carbocycles. The van der Waals surface area contributed by atoms with Gasteiger partial charge in [-0.25, -0.2) is 13.0 Å². The molecule has 0 radical (unpaired) electrons. The highest BCUT2D eigenvalue weighted by atomic mass is 32.2. The molecule has 164 valence electrons. The van der Waals surface area contributed by atoms with Crippen LogP contribution >= 0.6 is 7.82 Å². The zero-order valence-electron chi connectivity index (χ0n) is 16.3. The van der Waals surface area contributed by atoms with Crippen LogP contribution < -0.4 is 18.7 Å². The van der Waals surface area contributed by atoms with E-state index in [-0.39, 0.29) is 5.56 Å². The minimum Gasteiger partial charge on any atom is -0.504 e. The number of hydrogen-bond acceptors (Lipinski definition) is 8. The monoisotopic (exact) mass is 460 g/mol. The van der Waals surface area contributed by atoms with Crippen molar-refractivity contribution in [3.05, 3.63) is 46.9 Å². The lowest BCUT2D eigenvalue weighted by Gasteiger charge is -2.12. The summed E-state index contributed by atoms with van der Waals surface area (Å²) >= 11 is 0. The molecule has 0 fully saturated rings. The number of ether oxygens (including phenoxy) is 3. The van der Waals surface area contributed by atoms with Gasteiger partial charge in [-0.1, -0.05) is 6.07 Å². The molecule has 0 bridgehead atoms. The zero-order valence-corrected chi connectivity index (χ0v) is 18.0. The first-order valence-electron chi connectivity index (χ1n) is 8.26. The van der Waals surface area contributed by atoms with Gasteiger partial charge in [0.1, 0.15) is 17.2 Å². The molecule has 0 aliphatic rings. The van der Waals surface area contributed by atoms with Crippen LogP contribution in [-0.4, -0.2) is 44.6 Å². The molecule has 0 amide bonds. The smallest absolute Gasteiger partial charge is 0.504 e. The third kappa shape index (κ3) is 6.39. The second-order valence-corrected chi connectivity index (χ2v) is 8.99. The number of sulfone groups is 1. The second-order valence-electron chi connectivity index (χ2n) is 5.94. The van der Waals surface area contributed by atoms with Crippen LogP contribution in [-0.2, 0) is 20.2 Å². The number of hydrogen-bond donors (Lipinski definition) is 3. The molecule has 0 unspecified atom stereocenters. The van der Waals surface area contributed by atoms with Crippen molar-refractivity contribution in [1.29, 1.82) is 0 Å². The van der Waals surface area contributed by atoms with Gasteiger partial charge in [0.05, 0.1) is 32.6 Å². The summed E-state index contributed by atoms with van der Waals surface area (Å²) < 4.78 is 56.1. The molecule has 0 spiro atoms. The van der Waals surface area contributed by atoms with Gasteiger partial charge in [-0.3, -0.25) is 9.79 Å². The molecule has 12 heteroatoms. The standard InChI is InChI=1S/C18H21O10PS/c1-25-13-9-16(26-2)14(17(10-13)27-3)6-7-30(23,24)11-12-4-5-15(19)18(8-12)28-29(20,21)22/h4-10,19H,11H2,1-3H3,(H2,20,21,22)/b7-6+. The molecular weight excluding hydrogens is 439 g/mol. The van der Waals surface area contributed by atoms with E-state index < -0.39 is 34.9 Å². The van der Waals surface area contributed by atoms with Gasteiger partial charge in [0.15, 0.2) is 21.3 Å². The Morgan fingerprint density at radius 3 is 2.07 bits per heavy atom. The molecule has 2 rings (SSSR count). The van der Waals surface area contributed by atoms with Gasteiger partial charge in [0.2, 0.25) is 0 Å². The molecule has 3 N–H and O–H groups in total. The number of phosphoric acid groups is 1. The Hall–Kier alpha value is -2.72. The average molecular weight is 460 g/mol. The molecule has 0 aromatic heterocycles. The van der Waals surface area contributed by atoms with Gasteiger partial charge in [-0.15, -0.1) is 0 Å². The van der Waals surface area contributed by atoms with Crippen molar-refractivity contribution in [2.24, 2.45) is 0 Å². The molecular formula is C18H21O10PS. The number of aromatic hydroxyl groups is 1. The summed E-state index contributed by atoms with van der Waals surface area (Å²) in [4.78, 5) is 17.8. The molecule has 0 heterocycles. The van der Waals surface area contributed by atoms with E-state index in [1.54, 1.807) is 12.1 Å². The SMILES string of the molecule is COc1cc(OC)c(/C=C/S(=O)(=O)Cc2ccc(O)c(OP(=O)(O)O)c2)c(OC)c1. The van der Waals surface area contributed by atoms with Crippen molar-refractivity contribution in [2.75, 3.05) is 21.3 Å². The van der Waals surface area contributed by atoms with Crippen molar-refractivity contribution < 1.29 is 46.6 Å². The Morgan fingerprint density at radius 1 is 0.967 bits per heavy atom. The fourth-order valence-corrected chi connectivity index (χ4v) is 3.98. The maximum atomic E-state index is 12.5. The normalized spacial score (nSPS) is 12.0. The number of phosphoric ester groups is 1. The predicted octanol–water partition coefficient (Wildman–Crippen LogP) is 2.48. The van der Waals surface area contributed by atoms with Crippen LogP contribution in [0.2, 0.25) is 0 Å². The quantitative estimate of drug-likeness (QED) is 0.477. The van der Waals surface area contributed by atoms with Crippen molar-refractivity contribution in [3.63, 3.8) is 0 Å². The highest BCUT2D eigenvalue weighted by molar-refractivity contribution is 7.93. The van der Waals surface area contributed by atoms with Crippen LogP contribution in [0.1, 0.15) is 11.1 Å². The first-order valence-corrected chi connectivity index (χ1v) is 11.5. The van der Waals surface area contributed by atoms with Crippen LogP contribution in [0, 0.1) is 0 Å². The van der Waals surface area contributed by atoms with Gasteiger partial charge < -0.3 is 23.8 Å². The van der Waals surface area contributed by atoms with E-state index in [1.165, 1.54) is 33.5 Å². The molecule has 2 aromatic rings. The van der Waals surface area contributed by atoms with Crippen LogP contribution in [0.5, 0.6) is 28.7 Å². The van der Waals surface area contributed by atoms with Crippen molar-refractivity contribution >= 4 is 23.7 Å². The predicted molar refractivity (Wildman–Crippen MR) is 109 cm³/mol. The summed E-state index contributed by atoms with van der Waals surface area (Å²) in [5.74, 6) is -0.451. The number of rotatable bonds is 9. The van der Waals surface area contributed by atoms with Crippen molar-refractivity contribution in [2.45, 2.75) is 5.75 Å². The third-order valence-electron chi connectivity index (χ3n) is 3.80. The molecule has 0 saturated heterocycles. The summed E-state index contributed by atoms with van der Waals surface area (Å²) in [7, 11) is -4.45. The third-order valence-corrected chi connectivity index (χ3v) is 5.53. The topological polar surface area (TPSA) is 149 Å². The van der Waals surface area contributed by atoms with E-state index in [4.69, 9.17) is 24.0 Å². The fraction of sp³-hybridized carbons (Fsp3) is 0.222. The lowest BCUT2D eigenvalue weighted by atomic mass is 10.1.